The number of alkyl halides is 1. The standard InChI is InChI=1S/C9H8ClFO/c1-6-2-7(9(12)5-10)4-8(11)3-6/h2-4H,5H2,1H3. The van der Waals surface area contributed by atoms with Gasteiger partial charge in [-0.25, -0.2) is 4.39 Å². The molecule has 0 N–H and O–H groups in total. The zero-order valence-corrected chi connectivity index (χ0v) is 7.36. The number of carbonyl (C=O) groups is 1. The Morgan fingerprint density at radius 3 is 2.67 bits per heavy atom. The van der Waals surface area contributed by atoms with Crippen molar-refractivity contribution in [1.82, 2.24) is 0 Å². The van der Waals surface area contributed by atoms with Crippen LogP contribution in [0.25, 0.3) is 0 Å². The van der Waals surface area contributed by atoms with E-state index in [1.807, 2.05) is 0 Å². The molecule has 1 rings (SSSR count). The molecule has 0 radical (unpaired) electrons. The Kier molecular flexibility index (Phi) is 2.82. The van der Waals surface area contributed by atoms with Gasteiger partial charge in [0.05, 0.1) is 5.88 Å². The molecule has 0 unspecified atom stereocenters. The van der Waals surface area contributed by atoms with E-state index in [-0.39, 0.29) is 11.7 Å². The maximum absolute atomic E-state index is 12.7. The molecule has 0 aliphatic heterocycles. The van der Waals surface area contributed by atoms with Crippen LogP contribution in [0.4, 0.5) is 4.39 Å². The van der Waals surface area contributed by atoms with Crippen LogP contribution in [0.5, 0.6) is 0 Å². The first-order valence-corrected chi connectivity index (χ1v) is 4.03. The maximum Gasteiger partial charge on any atom is 0.177 e. The molecule has 1 aromatic rings. The highest BCUT2D eigenvalue weighted by molar-refractivity contribution is 6.30. The monoisotopic (exact) mass is 186 g/mol. The van der Waals surface area contributed by atoms with Crippen molar-refractivity contribution in [2.75, 3.05) is 5.88 Å². The number of carbonyl (C=O) groups excluding carboxylic acids is 1. The number of aryl methyl sites for hydroxylation is 1. The minimum absolute atomic E-state index is 0.108. The molecule has 0 aliphatic carbocycles. The summed E-state index contributed by atoms with van der Waals surface area (Å²) in [5.74, 6) is -0.758. The molecule has 1 nitrogen and oxygen atoms in total. The van der Waals surface area contributed by atoms with Gasteiger partial charge in [0.25, 0.3) is 0 Å². The van der Waals surface area contributed by atoms with Crippen LogP contribution in [0, 0.1) is 12.7 Å². The van der Waals surface area contributed by atoms with Crippen LogP contribution in [-0.2, 0) is 0 Å². The van der Waals surface area contributed by atoms with Crippen LogP contribution in [0.1, 0.15) is 15.9 Å². The van der Waals surface area contributed by atoms with E-state index in [0.717, 1.165) is 5.56 Å². The van der Waals surface area contributed by atoms with Crippen molar-refractivity contribution < 1.29 is 9.18 Å². The molecule has 0 saturated heterocycles. The summed E-state index contributed by atoms with van der Waals surface area (Å²) in [6.07, 6.45) is 0. The van der Waals surface area contributed by atoms with Crippen molar-refractivity contribution in [3.63, 3.8) is 0 Å². The highest BCUT2D eigenvalue weighted by Gasteiger charge is 2.05. The first-order chi connectivity index (χ1) is 5.63. The van der Waals surface area contributed by atoms with Crippen molar-refractivity contribution in [1.29, 1.82) is 0 Å². The summed E-state index contributed by atoms with van der Waals surface area (Å²) < 4.78 is 12.7. The van der Waals surface area contributed by atoms with Gasteiger partial charge in [0.15, 0.2) is 5.78 Å². The van der Waals surface area contributed by atoms with Gasteiger partial charge in [0.2, 0.25) is 0 Å². The van der Waals surface area contributed by atoms with E-state index in [9.17, 15) is 9.18 Å². The van der Waals surface area contributed by atoms with Gasteiger partial charge < -0.3 is 0 Å². The Balaban J connectivity index is 3.08. The Bertz CT molecular complexity index is 289. The fraction of sp³-hybridized carbons (Fsp3) is 0.222. The predicted molar refractivity (Wildman–Crippen MR) is 46.2 cm³/mol. The normalized spacial score (nSPS) is 9.92. The second-order valence-electron chi connectivity index (χ2n) is 2.57. The van der Waals surface area contributed by atoms with Gasteiger partial charge in [0, 0.05) is 5.56 Å². The van der Waals surface area contributed by atoms with E-state index >= 15 is 0 Å². The molecule has 0 saturated carbocycles. The molecular formula is C9H8ClFO. The van der Waals surface area contributed by atoms with Crippen LogP contribution >= 0.6 is 11.6 Å². The Hall–Kier alpha value is -0.890. The van der Waals surface area contributed by atoms with Crippen molar-refractivity contribution in [3.8, 4) is 0 Å². The lowest BCUT2D eigenvalue weighted by atomic mass is 10.1. The zero-order chi connectivity index (χ0) is 9.14. The quantitative estimate of drug-likeness (QED) is 0.513. The summed E-state index contributed by atoms with van der Waals surface area (Å²) in [5.41, 5.74) is 1.06. The van der Waals surface area contributed by atoms with Gasteiger partial charge in [-0.05, 0) is 30.7 Å². The second-order valence-corrected chi connectivity index (χ2v) is 2.84. The third-order valence-electron chi connectivity index (χ3n) is 1.49. The van der Waals surface area contributed by atoms with E-state index in [0.29, 0.717) is 5.56 Å². The highest BCUT2D eigenvalue weighted by Crippen LogP contribution is 2.09. The number of benzene rings is 1. The number of Topliss-reactive ketones (excluding diaryl/α,β-unsaturated/α-hetero) is 1. The van der Waals surface area contributed by atoms with Crippen molar-refractivity contribution in [2.45, 2.75) is 6.92 Å². The molecule has 0 amide bonds. The third-order valence-corrected chi connectivity index (χ3v) is 1.73. The number of hydrogen-bond donors (Lipinski definition) is 0. The average Bonchev–Trinajstić information content (AvgIpc) is 2.01. The molecule has 0 spiro atoms. The highest BCUT2D eigenvalue weighted by atomic mass is 35.5. The van der Waals surface area contributed by atoms with Crippen molar-refractivity contribution in [3.05, 3.63) is 35.1 Å². The predicted octanol–water partition coefficient (Wildman–Crippen LogP) is 2.56. The molecule has 0 atom stereocenters. The van der Waals surface area contributed by atoms with Gasteiger partial charge in [0.1, 0.15) is 5.82 Å². The lowest BCUT2D eigenvalue weighted by Gasteiger charge is -1.98. The molecule has 1 aromatic carbocycles. The molecule has 64 valence electrons. The van der Waals surface area contributed by atoms with Gasteiger partial charge in [-0.3, -0.25) is 4.79 Å². The van der Waals surface area contributed by atoms with Gasteiger partial charge >= 0.3 is 0 Å². The summed E-state index contributed by atoms with van der Waals surface area (Å²) in [6, 6.07) is 4.18. The van der Waals surface area contributed by atoms with E-state index in [4.69, 9.17) is 11.6 Å². The number of rotatable bonds is 2. The van der Waals surface area contributed by atoms with Crippen LogP contribution < -0.4 is 0 Å². The average molecular weight is 187 g/mol. The molecule has 12 heavy (non-hydrogen) atoms. The van der Waals surface area contributed by atoms with E-state index in [1.165, 1.54) is 12.1 Å². The SMILES string of the molecule is Cc1cc(F)cc(C(=O)CCl)c1. The topological polar surface area (TPSA) is 17.1 Å². The molecule has 0 bridgehead atoms. The fourth-order valence-corrected chi connectivity index (χ4v) is 1.13. The van der Waals surface area contributed by atoms with Gasteiger partial charge in [-0.15, -0.1) is 11.6 Å². The zero-order valence-electron chi connectivity index (χ0n) is 6.60. The lowest BCUT2D eigenvalue weighted by molar-refractivity contribution is 0.102. The Morgan fingerprint density at radius 1 is 1.50 bits per heavy atom. The van der Waals surface area contributed by atoms with E-state index < -0.39 is 5.82 Å². The molecule has 0 fully saturated rings. The number of halogens is 2. The van der Waals surface area contributed by atoms with Crippen LogP contribution in [-0.4, -0.2) is 11.7 Å². The fourth-order valence-electron chi connectivity index (χ4n) is 0.974. The Labute approximate surface area is 75.2 Å². The first-order valence-electron chi connectivity index (χ1n) is 3.50. The van der Waals surface area contributed by atoms with Gasteiger partial charge in [-0.2, -0.15) is 0 Å². The number of ketones is 1. The molecule has 0 heterocycles. The Morgan fingerprint density at radius 2 is 2.17 bits per heavy atom. The second kappa shape index (κ2) is 3.68. The van der Waals surface area contributed by atoms with Crippen LogP contribution in [0.3, 0.4) is 0 Å². The lowest BCUT2D eigenvalue weighted by Crippen LogP contribution is -2.01. The van der Waals surface area contributed by atoms with Gasteiger partial charge in [-0.1, -0.05) is 0 Å². The minimum atomic E-state index is -0.400. The summed E-state index contributed by atoms with van der Waals surface area (Å²) in [5, 5.41) is 0. The van der Waals surface area contributed by atoms with Crippen LogP contribution in [0.2, 0.25) is 0 Å². The van der Waals surface area contributed by atoms with Crippen molar-refractivity contribution >= 4 is 17.4 Å². The molecule has 0 aromatic heterocycles. The molecule has 3 heteroatoms. The maximum atomic E-state index is 12.7. The molecular weight excluding hydrogens is 179 g/mol. The third kappa shape index (κ3) is 2.05. The summed E-state index contributed by atoms with van der Waals surface area (Å²) in [6.45, 7) is 1.73. The summed E-state index contributed by atoms with van der Waals surface area (Å²) >= 11 is 5.32. The smallest absolute Gasteiger partial charge is 0.177 e. The first kappa shape index (κ1) is 9.20. The minimum Gasteiger partial charge on any atom is -0.293 e. The van der Waals surface area contributed by atoms with E-state index in [1.54, 1.807) is 13.0 Å². The van der Waals surface area contributed by atoms with Crippen LogP contribution in [0.15, 0.2) is 18.2 Å². The largest absolute Gasteiger partial charge is 0.293 e. The van der Waals surface area contributed by atoms with Crippen molar-refractivity contribution in [2.24, 2.45) is 0 Å². The summed E-state index contributed by atoms with van der Waals surface area (Å²) in [4.78, 5) is 11.0. The number of hydrogen-bond acceptors (Lipinski definition) is 1. The van der Waals surface area contributed by atoms with E-state index in [2.05, 4.69) is 0 Å². The molecule has 0 aliphatic rings. The summed E-state index contributed by atoms with van der Waals surface area (Å²) in [7, 11) is 0.